The zero-order valence-electron chi connectivity index (χ0n) is 12.7. The van der Waals surface area contributed by atoms with Crippen molar-refractivity contribution < 1.29 is 14.6 Å². The van der Waals surface area contributed by atoms with Crippen molar-refractivity contribution in [2.24, 2.45) is 0 Å². The smallest absolute Gasteiger partial charge is 0.198 e. The predicted molar refractivity (Wildman–Crippen MR) is 89.7 cm³/mol. The van der Waals surface area contributed by atoms with Crippen LogP contribution in [0.15, 0.2) is 48.5 Å². The molecule has 4 rings (SSSR count). The lowest BCUT2D eigenvalue weighted by Crippen LogP contribution is -2.36. The summed E-state index contributed by atoms with van der Waals surface area (Å²) in [6, 6.07) is 15.0. The summed E-state index contributed by atoms with van der Waals surface area (Å²) in [4.78, 5) is 14.8. The number of carbonyl (C=O) groups excluding carboxylic acids is 1. The number of aliphatic hydroxyl groups is 1. The summed E-state index contributed by atoms with van der Waals surface area (Å²) in [5.41, 5.74) is 3.43. The van der Waals surface area contributed by atoms with Crippen LogP contribution < -0.4 is 4.90 Å². The first-order valence-corrected chi connectivity index (χ1v) is 7.76. The Bertz CT molecular complexity index is 787. The van der Waals surface area contributed by atoms with Crippen LogP contribution in [0.25, 0.3) is 11.3 Å². The maximum Gasteiger partial charge on any atom is 0.198 e. The van der Waals surface area contributed by atoms with E-state index in [1.54, 1.807) is 12.1 Å². The van der Waals surface area contributed by atoms with E-state index in [9.17, 15) is 9.90 Å². The monoisotopic (exact) mass is 307 g/mol. The lowest BCUT2D eigenvalue weighted by Gasteiger charge is -2.28. The number of morpholine rings is 1. The molecule has 0 saturated carbocycles. The van der Waals surface area contributed by atoms with Crippen LogP contribution in [0.1, 0.15) is 21.5 Å². The largest absolute Gasteiger partial charge is 0.507 e. The second-order valence-electron chi connectivity index (χ2n) is 5.74. The van der Waals surface area contributed by atoms with Crippen molar-refractivity contribution in [1.29, 1.82) is 0 Å². The number of rotatable bonds is 2. The highest BCUT2D eigenvalue weighted by atomic mass is 16.5. The fourth-order valence-corrected chi connectivity index (χ4v) is 3.19. The summed E-state index contributed by atoms with van der Waals surface area (Å²) in [6.07, 6.45) is 0. The van der Waals surface area contributed by atoms with Gasteiger partial charge in [0.25, 0.3) is 0 Å². The normalized spacial score (nSPS) is 17.6. The molecule has 0 aromatic heterocycles. The second kappa shape index (κ2) is 5.56. The highest BCUT2D eigenvalue weighted by Gasteiger charge is 2.30. The maximum atomic E-state index is 12.5. The molecule has 0 bridgehead atoms. The van der Waals surface area contributed by atoms with Gasteiger partial charge in [-0.05, 0) is 17.7 Å². The number of benzene rings is 2. The Morgan fingerprint density at radius 3 is 2.22 bits per heavy atom. The van der Waals surface area contributed by atoms with Crippen LogP contribution in [0.4, 0.5) is 5.69 Å². The number of hydrogen-bond acceptors (Lipinski definition) is 4. The number of nitrogens with zero attached hydrogens (tertiary/aromatic N) is 1. The Balaban J connectivity index is 1.67. The number of carbonyl (C=O) groups is 1. The number of ketones is 1. The van der Waals surface area contributed by atoms with E-state index in [2.05, 4.69) is 4.90 Å². The highest BCUT2D eigenvalue weighted by Crippen LogP contribution is 2.37. The molecule has 1 heterocycles. The molecule has 1 N–H and O–H groups in total. The number of aliphatic hydroxyl groups excluding tert-OH is 1. The first-order valence-electron chi connectivity index (χ1n) is 7.76. The minimum absolute atomic E-state index is 0.0738. The molecule has 1 aliphatic carbocycles. The van der Waals surface area contributed by atoms with E-state index in [1.807, 2.05) is 36.4 Å². The lowest BCUT2D eigenvalue weighted by molar-refractivity contribution is 0.105. The van der Waals surface area contributed by atoms with Crippen molar-refractivity contribution in [3.63, 3.8) is 0 Å². The predicted octanol–water partition coefficient (Wildman–Crippen LogP) is 3.15. The van der Waals surface area contributed by atoms with Crippen molar-refractivity contribution in [1.82, 2.24) is 0 Å². The fourth-order valence-electron chi connectivity index (χ4n) is 3.19. The van der Waals surface area contributed by atoms with Crippen LogP contribution in [0.3, 0.4) is 0 Å². The van der Waals surface area contributed by atoms with Gasteiger partial charge in [-0.1, -0.05) is 36.4 Å². The van der Waals surface area contributed by atoms with Crippen LogP contribution in [0.2, 0.25) is 0 Å². The van der Waals surface area contributed by atoms with Crippen LogP contribution in [0.5, 0.6) is 0 Å². The van der Waals surface area contributed by atoms with Crippen molar-refractivity contribution in [3.05, 3.63) is 65.2 Å². The van der Waals surface area contributed by atoms with Crippen LogP contribution in [-0.4, -0.2) is 37.2 Å². The standard InChI is InChI=1S/C19H17NO3/c21-18-15-3-1-2-4-16(15)19(22)17(18)13-5-7-14(8-6-13)20-9-11-23-12-10-20/h1-8,21H,9-12H2. The summed E-state index contributed by atoms with van der Waals surface area (Å²) in [5, 5.41) is 10.4. The quantitative estimate of drug-likeness (QED) is 0.926. The summed E-state index contributed by atoms with van der Waals surface area (Å²) in [6.45, 7) is 3.22. The molecule has 23 heavy (non-hydrogen) atoms. The third-order valence-corrected chi connectivity index (χ3v) is 4.42. The Hall–Kier alpha value is -2.59. The van der Waals surface area contributed by atoms with Gasteiger partial charge in [0, 0.05) is 29.9 Å². The van der Waals surface area contributed by atoms with Gasteiger partial charge in [0.05, 0.1) is 18.8 Å². The van der Waals surface area contributed by atoms with Crippen LogP contribution in [-0.2, 0) is 4.74 Å². The average Bonchev–Trinajstić information content (AvgIpc) is 2.87. The Morgan fingerprint density at radius 1 is 0.913 bits per heavy atom. The van der Waals surface area contributed by atoms with Crippen molar-refractivity contribution in [2.75, 3.05) is 31.2 Å². The van der Waals surface area contributed by atoms with Crippen molar-refractivity contribution >= 4 is 22.8 Å². The zero-order chi connectivity index (χ0) is 15.8. The van der Waals surface area contributed by atoms with E-state index >= 15 is 0 Å². The van der Waals surface area contributed by atoms with E-state index in [0.29, 0.717) is 16.7 Å². The van der Waals surface area contributed by atoms with Gasteiger partial charge in [0.15, 0.2) is 5.78 Å². The van der Waals surface area contributed by atoms with Crippen molar-refractivity contribution in [2.45, 2.75) is 0 Å². The van der Waals surface area contributed by atoms with E-state index in [4.69, 9.17) is 4.74 Å². The third kappa shape index (κ3) is 2.32. The minimum atomic E-state index is -0.114. The van der Waals surface area contributed by atoms with E-state index < -0.39 is 0 Å². The third-order valence-electron chi connectivity index (χ3n) is 4.42. The van der Waals surface area contributed by atoms with Gasteiger partial charge in [-0.25, -0.2) is 0 Å². The number of Topliss-reactive ketones (excluding diaryl/α,β-unsaturated/α-hetero) is 1. The Morgan fingerprint density at radius 2 is 1.57 bits per heavy atom. The van der Waals surface area contributed by atoms with Gasteiger partial charge in [-0.2, -0.15) is 0 Å². The molecule has 4 nitrogen and oxygen atoms in total. The molecule has 2 aromatic carbocycles. The topological polar surface area (TPSA) is 49.8 Å². The maximum absolute atomic E-state index is 12.5. The summed E-state index contributed by atoms with van der Waals surface area (Å²) in [5.74, 6) is -0.0399. The molecule has 0 unspecified atom stereocenters. The molecule has 0 atom stereocenters. The minimum Gasteiger partial charge on any atom is -0.507 e. The molecular formula is C19H17NO3. The van der Waals surface area contributed by atoms with Crippen LogP contribution in [0, 0.1) is 0 Å². The number of allylic oxidation sites excluding steroid dienone is 1. The van der Waals surface area contributed by atoms with Gasteiger partial charge in [-0.15, -0.1) is 0 Å². The van der Waals surface area contributed by atoms with Gasteiger partial charge >= 0.3 is 0 Å². The molecule has 2 aromatic rings. The summed E-state index contributed by atoms with van der Waals surface area (Å²) >= 11 is 0. The summed E-state index contributed by atoms with van der Waals surface area (Å²) < 4.78 is 5.36. The Kier molecular flexibility index (Phi) is 3.39. The number of ether oxygens (including phenoxy) is 1. The molecule has 1 saturated heterocycles. The lowest BCUT2D eigenvalue weighted by atomic mass is 10.0. The molecule has 0 spiro atoms. The molecule has 116 valence electrons. The van der Waals surface area contributed by atoms with Crippen LogP contribution >= 0.6 is 0 Å². The van der Waals surface area contributed by atoms with E-state index in [0.717, 1.165) is 37.6 Å². The first-order chi connectivity index (χ1) is 11.3. The van der Waals surface area contributed by atoms with E-state index in [-0.39, 0.29) is 11.5 Å². The number of hydrogen-bond donors (Lipinski definition) is 1. The fraction of sp³-hybridized carbons (Fsp3) is 0.211. The molecule has 4 heteroatoms. The average molecular weight is 307 g/mol. The Labute approximate surface area is 134 Å². The summed E-state index contributed by atoms with van der Waals surface area (Å²) in [7, 11) is 0. The number of fused-ring (bicyclic) bond motifs is 1. The molecule has 2 aliphatic rings. The molecule has 0 amide bonds. The molecule has 0 radical (unpaired) electrons. The van der Waals surface area contributed by atoms with Gasteiger partial charge in [-0.3, -0.25) is 4.79 Å². The molecule has 1 fully saturated rings. The zero-order valence-corrected chi connectivity index (χ0v) is 12.7. The SMILES string of the molecule is O=C1C(c2ccc(N3CCOCC3)cc2)=C(O)c2ccccc21. The first kappa shape index (κ1) is 14.0. The van der Waals surface area contributed by atoms with E-state index in [1.165, 1.54) is 0 Å². The van der Waals surface area contributed by atoms with Gasteiger partial charge in [0.2, 0.25) is 0 Å². The van der Waals surface area contributed by atoms with Gasteiger partial charge in [0.1, 0.15) is 5.76 Å². The molecule has 1 aliphatic heterocycles. The molecular weight excluding hydrogens is 290 g/mol. The van der Waals surface area contributed by atoms with Gasteiger partial charge < -0.3 is 14.7 Å². The second-order valence-corrected chi connectivity index (χ2v) is 5.74. The number of anilines is 1. The van der Waals surface area contributed by atoms with Crippen molar-refractivity contribution in [3.8, 4) is 0 Å². The highest BCUT2D eigenvalue weighted by molar-refractivity contribution is 6.38.